The summed E-state index contributed by atoms with van der Waals surface area (Å²) in [5.74, 6) is -2.08. The number of nitrogens with one attached hydrogen (secondary N) is 1. The van der Waals surface area contributed by atoms with E-state index < -0.39 is 17.5 Å². The van der Waals surface area contributed by atoms with Crippen LogP contribution in [0.5, 0.6) is 0 Å². The van der Waals surface area contributed by atoms with Crippen LogP contribution < -0.4 is 16.8 Å². The Kier molecular flexibility index (Phi) is 3.89. The summed E-state index contributed by atoms with van der Waals surface area (Å²) in [5.41, 5.74) is 11.6. The molecule has 0 aromatic heterocycles. The maximum absolute atomic E-state index is 13.6. The number of hydrogen-bond acceptors (Lipinski definition) is 3. The third kappa shape index (κ3) is 3.05. The van der Waals surface area contributed by atoms with Gasteiger partial charge in [0.05, 0.1) is 10.2 Å². The molecule has 2 rings (SSSR count). The highest BCUT2D eigenvalue weighted by molar-refractivity contribution is 9.10. The monoisotopic (exact) mass is 341 g/mol. The molecule has 0 saturated carbocycles. The van der Waals surface area contributed by atoms with Gasteiger partial charge in [0.15, 0.2) is 0 Å². The van der Waals surface area contributed by atoms with Crippen LogP contribution in [0.15, 0.2) is 34.8 Å². The SMILES string of the molecule is Nc1cc(N)cc(C(=O)Nc2cc(F)c(Br)cc2F)c1. The fourth-order valence-corrected chi connectivity index (χ4v) is 1.94. The molecule has 4 nitrogen and oxygen atoms in total. The summed E-state index contributed by atoms with van der Waals surface area (Å²) in [6, 6.07) is 6.07. The molecule has 0 heterocycles. The molecule has 0 fully saturated rings. The molecule has 5 N–H and O–H groups in total. The summed E-state index contributed by atoms with van der Waals surface area (Å²) in [5, 5.41) is 2.26. The van der Waals surface area contributed by atoms with Gasteiger partial charge in [-0.3, -0.25) is 4.79 Å². The fourth-order valence-electron chi connectivity index (χ4n) is 1.62. The van der Waals surface area contributed by atoms with Gasteiger partial charge in [-0.05, 0) is 40.2 Å². The average Bonchev–Trinajstić information content (AvgIpc) is 2.34. The zero-order valence-electron chi connectivity index (χ0n) is 10.1. The Morgan fingerprint density at radius 2 is 1.60 bits per heavy atom. The van der Waals surface area contributed by atoms with E-state index in [0.29, 0.717) is 11.4 Å². The number of nitrogens with two attached hydrogens (primary N) is 2. The number of carbonyl (C=O) groups is 1. The van der Waals surface area contributed by atoms with Crippen molar-refractivity contribution in [1.82, 2.24) is 0 Å². The molecule has 0 aliphatic heterocycles. The highest BCUT2D eigenvalue weighted by Gasteiger charge is 2.13. The minimum absolute atomic E-state index is 0.0267. The molecule has 0 atom stereocenters. The van der Waals surface area contributed by atoms with Gasteiger partial charge in [0, 0.05) is 23.0 Å². The van der Waals surface area contributed by atoms with Crippen molar-refractivity contribution in [3.63, 3.8) is 0 Å². The highest BCUT2D eigenvalue weighted by atomic mass is 79.9. The van der Waals surface area contributed by atoms with Crippen LogP contribution in [-0.2, 0) is 0 Å². The summed E-state index contributed by atoms with van der Waals surface area (Å²) in [7, 11) is 0. The lowest BCUT2D eigenvalue weighted by Gasteiger charge is -2.08. The van der Waals surface area contributed by atoms with Crippen molar-refractivity contribution in [2.24, 2.45) is 0 Å². The normalized spacial score (nSPS) is 10.3. The summed E-state index contributed by atoms with van der Waals surface area (Å²) in [4.78, 5) is 11.9. The highest BCUT2D eigenvalue weighted by Crippen LogP contribution is 2.24. The van der Waals surface area contributed by atoms with E-state index in [4.69, 9.17) is 11.5 Å². The number of hydrogen-bond donors (Lipinski definition) is 3. The van der Waals surface area contributed by atoms with E-state index in [-0.39, 0.29) is 15.7 Å². The van der Waals surface area contributed by atoms with Crippen LogP contribution in [0.4, 0.5) is 25.8 Å². The van der Waals surface area contributed by atoms with Crippen molar-refractivity contribution >= 4 is 38.9 Å². The maximum Gasteiger partial charge on any atom is 0.255 e. The third-order valence-electron chi connectivity index (χ3n) is 2.50. The zero-order valence-corrected chi connectivity index (χ0v) is 11.7. The van der Waals surface area contributed by atoms with E-state index in [9.17, 15) is 13.6 Å². The molecule has 0 aliphatic carbocycles. The molecule has 0 spiro atoms. The first kappa shape index (κ1) is 14.3. The maximum atomic E-state index is 13.6. The van der Waals surface area contributed by atoms with E-state index >= 15 is 0 Å². The van der Waals surface area contributed by atoms with Crippen molar-refractivity contribution in [3.05, 3.63) is 52.0 Å². The Morgan fingerprint density at radius 3 is 2.20 bits per heavy atom. The standard InChI is InChI=1S/C13H10BrF2N3O/c14-9-4-11(16)12(5-10(9)15)19-13(20)6-1-7(17)3-8(18)2-6/h1-5H,17-18H2,(H,19,20). The lowest BCUT2D eigenvalue weighted by Crippen LogP contribution is -2.14. The topological polar surface area (TPSA) is 81.1 Å². The van der Waals surface area contributed by atoms with Gasteiger partial charge in [-0.25, -0.2) is 8.78 Å². The Hall–Kier alpha value is -2.15. The lowest BCUT2D eigenvalue weighted by atomic mass is 10.1. The van der Waals surface area contributed by atoms with Gasteiger partial charge >= 0.3 is 0 Å². The van der Waals surface area contributed by atoms with Gasteiger partial charge in [-0.15, -0.1) is 0 Å². The van der Waals surface area contributed by atoms with Gasteiger partial charge in [0.25, 0.3) is 5.91 Å². The predicted octanol–water partition coefficient (Wildman–Crippen LogP) is 3.14. The number of benzene rings is 2. The molecule has 20 heavy (non-hydrogen) atoms. The Morgan fingerprint density at radius 1 is 1.00 bits per heavy atom. The lowest BCUT2D eigenvalue weighted by molar-refractivity contribution is 0.102. The number of carbonyl (C=O) groups excluding carboxylic acids is 1. The Balaban J connectivity index is 2.30. The molecule has 0 unspecified atom stereocenters. The summed E-state index contributed by atoms with van der Waals surface area (Å²) in [6.45, 7) is 0. The Labute approximate surface area is 121 Å². The van der Waals surface area contributed by atoms with Crippen LogP contribution >= 0.6 is 15.9 Å². The van der Waals surface area contributed by atoms with Crippen molar-refractivity contribution < 1.29 is 13.6 Å². The third-order valence-corrected chi connectivity index (χ3v) is 3.11. The average molecular weight is 342 g/mol. The molecule has 2 aromatic carbocycles. The molecule has 0 radical (unpaired) electrons. The minimum Gasteiger partial charge on any atom is -0.399 e. The van der Waals surface area contributed by atoms with Crippen LogP contribution in [0, 0.1) is 11.6 Å². The molecular formula is C13H10BrF2N3O. The molecule has 104 valence electrons. The van der Waals surface area contributed by atoms with Crippen LogP contribution in [-0.4, -0.2) is 5.91 Å². The number of halogens is 3. The van der Waals surface area contributed by atoms with Crippen molar-refractivity contribution in [1.29, 1.82) is 0 Å². The minimum atomic E-state index is -0.761. The second kappa shape index (κ2) is 5.46. The summed E-state index contributed by atoms with van der Waals surface area (Å²) < 4.78 is 26.9. The number of rotatable bonds is 2. The van der Waals surface area contributed by atoms with Gasteiger partial charge in [0.1, 0.15) is 11.6 Å². The quantitative estimate of drug-likeness (QED) is 0.579. The number of amides is 1. The molecule has 0 saturated heterocycles. The van der Waals surface area contributed by atoms with Gasteiger partial charge < -0.3 is 16.8 Å². The first-order valence-corrected chi connectivity index (χ1v) is 6.28. The van der Waals surface area contributed by atoms with E-state index in [2.05, 4.69) is 21.2 Å². The van der Waals surface area contributed by atoms with Crippen molar-refractivity contribution in [3.8, 4) is 0 Å². The van der Waals surface area contributed by atoms with E-state index in [1.807, 2.05) is 0 Å². The molecule has 0 bridgehead atoms. The van der Waals surface area contributed by atoms with Gasteiger partial charge in [-0.2, -0.15) is 0 Å². The second-order valence-corrected chi connectivity index (χ2v) is 4.94. The smallest absolute Gasteiger partial charge is 0.255 e. The fraction of sp³-hybridized carbons (Fsp3) is 0. The summed E-state index contributed by atoms with van der Waals surface area (Å²) >= 11 is 2.85. The number of nitrogen functional groups attached to an aromatic ring is 2. The zero-order chi connectivity index (χ0) is 14.9. The molecule has 2 aromatic rings. The van der Waals surface area contributed by atoms with Gasteiger partial charge in [-0.1, -0.05) is 0 Å². The number of anilines is 3. The molecule has 0 aliphatic rings. The van der Waals surface area contributed by atoms with Gasteiger partial charge in [0.2, 0.25) is 0 Å². The Bertz CT molecular complexity index is 671. The van der Waals surface area contributed by atoms with Crippen LogP contribution in [0.3, 0.4) is 0 Å². The second-order valence-electron chi connectivity index (χ2n) is 4.09. The molecule has 1 amide bonds. The molecule has 7 heteroatoms. The van der Waals surface area contributed by atoms with Crippen LogP contribution in [0.2, 0.25) is 0 Å². The largest absolute Gasteiger partial charge is 0.399 e. The predicted molar refractivity (Wildman–Crippen MR) is 77.3 cm³/mol. The van der Waals surface area contributed by atoms with Crippen molar-refractivity contribution in [2.75, 3.05) is 16.8 Å². The van der Waals surface area contributed by atoms with Crippen LogP contribution in [0.25, 0.3) is 0 Å². The van der Waals surface area contributed by atoms with Crippen molar-refractivity contribution in [2.45, 2.75) is 0 Å². The first-order chi connectivity index (χ1) is 9.36. The van der Waals surface area contributed by atoms with E-state index in [1.165, 1.54) is 18.2 Å². The van der Waals surface area contributed by atoms with E-state index in [0.717, 1.165) is 12.1 Å². The van der Waals surface area contributed by atoms with E-state index in [1.54, 1.807) is 0 Å². The summed E-state index contributed by atoms with van der Waals surface area (Å²) in [6.07, 6.45) is 0. The molecular weight excluding hydrogens is 332 g/mol. The van der Waals surface area contributed by atoms with Crippen LogP contribution in [0.1, 0.15) is 10.4 Å². The first-order valence-electron chi connectivity index (χ1n) is 5.49.